The highest BCUT2D eigenvalue weighted by molar-refractivity contribution is 6.09. The standard InChI is InChI=1S/C62H62N2/c1-39(2)55-37-57(63(47-27-21-45(22-28-47)61(5,6)7)49-25-19-41-15-11-13-17-43(41)35-49)53-34-32-52-56(40(3)4)38-58(54-33-31-51(55)59(53)60(52)54)64(48-29-23-46(24-30-48)62(8,9)10)50-26-20-42-16-12-14-18-44(42)36-50/h11-40,53,57H,1-10H3. The van der Waals surface area contributed by atoms with Gasteiger partial charge in [0, 0.05) is 34.1 Å². The summed E-state index contributed by atoms with van der Waals surface area (Å²) >= 11 is 0. The number of benzene rings is 8. The van der Waals surface area contributed by atoms with E-state index in [-0.39, 0.29) is 22.8 Å². The quantitative estimate of drug-likeness (QED) is 0.150. The summed E-state index contributed by atoms with van der Waals surface area (Å²) in [5, 5.41) is 7.67. The first kappa shape index (κ1) is 41.6. The molecule has 0 spiro atoms. The fraction of sp³-hybridized carbons (Fsp3) is 0.258. The van der Waals surface area contributed by atoms with Gasteiger partial charge >= 0.3 is 0 Å². The Hall–Kier alpha value is -6.38. The summed E-state index contributed by atoms with van der Waals surface area (Å²) in [5.41, 5.74) is 15.7. The molecule has 8 aromatic carbocycles. The molecular weight excluding hydrogens is 773 g/mol. The molecule has 0 fully saturated rings. The van der Waals surface area contributed by atoms with Gasteiger partial charge in [0.2, 0.25) is 0 Å². The Morgan fingerprint density at radius 3 is 1.59 bits per heavy atom. The minimum Gasteiger partial charge on any atom is -0.334 e. The summed E-state index contributed by atoms with van der Waals surface area (Å²) in [5.74, 6) is 0.751. The molecule has 8 aromatic rings. The molecule has 2 nitrogen and oxygen atoms in total. The molecule has 2 unspecified atom stereocenters. The number of anilines is 5. The molecule has 320 valence electrons. The Bertz CT molecular complexity index is 3130. The maximum atomic E-state index is 2.63. The average Bonchev–Trinajstić information content (AvgIpc) is 3.28. The minimum atomic E-state index is 0.0363. The highest BCUT2D eigenvalue weighted by Gasteiger charge is 2.38. The summed E-state index contributed by atoms with van der Waals surface area (Å²) < 4.78 is 0. The predicted molar refractivity (Wildman–Crippen MR) is 279 cm³/mol. The van der Waals surface area contributed by atoms with Crippen LogP contribution in [0.1, 0.15) is 114 Å². The van der Waals surface area contributed by atoms with E-state index in [2.05, 4.69) is 249 Å². The van der Waals surface area contributed by atoms with Crippen LogP contribution in [0.2, 0.25) is 0 Å². The zero-order valence-electron chi connectivity index (χ0n) is 39.4. The second-order valence-electron chi connectivity index (χ2n) is 21.0. The predicted octanol–water partition coefficient (Wildman–Crippen LogP) is 17.7. The van der Waals surface area contributed by atoms with E-state index >= 15 is 0 Å². The van der Waals surface area contributed by atoms with Gasteiger partial charge in [-0.2, -0.15) is 0 Å². The zero-order chi connectivity index (χ0) is 44.7. The molecule has 0 saturated carbocycles. The lowest BCUT2D eigenvalue weighted by atomic mass is 9.70. The molecule has 10 rings (SSSR count). The molecule has 0 amide bonds. The van der Waals surface area contributed by atoms with Crippen LogP contribution < -0.4 is 9.80 Å². The molecule has 0 radical (unpaired) electrons. The van der Waals surface area contributed by atoms with Crippen LogP contribution in [0.15, 0.2) is 164 Å². The van der Waals surface area contributed by atoms with Gasteiger partial charge in [-0.3, -0.25) is 0 Å². The van der Waals surface area contributed by atoms with Crippen molar-refractivity contribution in [2.45, 2.75) is 97.9 Å². The van der Waals surface area contributed by atoms with Crippen molar-refractivity contribution in [1.29, 1.82) is 0 Å². The molecule has 0 saturated heterocycles. The lowest BCUT2D eigenvalue weighted by Gasteiger charge is -2.43. The van der Waals surface area contributed by atoms with Crippen molar-refractivity contribution >= 4 is 72.4 Å². The first-order chi connectivity index (χ1) is 30.7. The van der Waals surface area contributed by atoms with Gasteiger partial charge in [-0.25, -0.2) is 0 Å². The maximum absolute atomic E-state index is 2.63. The molecule has 0 heterocycles. The van der Waals surface area contributed by atoms with E-state index in [1.807, 2.05) is 0 Å². The van der Waals surface area contributed by atoms with E-state index in [1.165, 1.54) is 88.3 Å². The Morgan fingerprint density at radius 1 is 0.500 bits per heavy atom. The van der Waals surface area contributed by atoms with Gasteiger partial charge in [0.1, 0.15) is 0 Å². The van der Waals surface area contributed by atoms with Crippen molar-refractivity contribution in [2.75, 3.05) is 9.80 Å². The number of hydrogen-bond donors (Lipinski definition) is 0. The minimum absolute atomic E-state index is 0.0363. The molecule has 2 aliphatic rings. The van der Waals surface area contributed by atoms with Crippen molar-refractivity contribution in [3.8, 4) is 0 Å². The van der Waals surface area contributed by atoms with Crippen LogP contribution in [0.25, 0.3) is 44.0 Å². The van der Waals surface area contributed by atoms with Crippen molar-refractivity contribution in [1.82, 2.24) is 0 Å². The molecule has 0 aromatic heterocycles. The first-order valence-electron chi connectivity index (χ1n) is 23.5. The fourth-order valence-corrected chi connectivity index (χ4v) is 10.5. The molecule has 2 atom stereocenters. The SMILES string of the molecule is CC(C)C1=CC(N(c2ccc(C(C)(C)C)cc2)c2ccc3ccccc3c2)C2C=Cc3c(C(C)C)cc(N(c4ccc(C(C)(C)C)cc4)c4ccc5ccccc5c4)c4ccc1c2c34. The third kappa shape index (κ3) is 7.22. The van der Waals surface area contributed by atoms with E-state index in [9.17, 15) is 0 Å². The summed E-state index contributed by atoms with van der Waals surface area (Å²) in [6.07, 6.45) is 7.62. The third-order valence-electron chi connectivity index (χ3n) is 14.0. The van der Waals surface area contributed by atoms with Gasteiger partial charge in [-0.05, 0) is 143 Å². The van der Waals surface area contributed by atoms with E-state index in [0.717, 1.165) is 11.4 Å². The molecule has 0 bridgehead atoms. The second kappa shape index (κ2) is 15.7. The van der Waals surface area contributed by atoms with Crippen molar-refractivity contribution in [2.24, 2.45) is 5.92 Å². The normalized spacial score (nSPS) is 16.0. The Kier molecular flexibility index (Phi) is 10.2. The molecule has 0 N–H and O–H groups in total. The molecule has 64 heavy (non-hydrogen) atoms. The van der Waals surface area contributed by atoms with E-state index in [1.54, 1.807) is 0 Å². The highest BCUT2D eigenvalue weighted by atomic mass is 15.2. The smallest absolute Gasteiger partial charge is 0.0632 e. The van der Waals surface area contributed by atoms with Gasteiger partial charge in [0.25, 0.3) is 0 Å². The number of hydrogen-bond acceptors (Lipinski definition) is 2. The zero-order valence-corrected chi connectivity index (χ0v) is 39.4. The van der Waals surface area contributed by atoms with Crippen molar-refractivity contribution in [3.63, 3.8) is 0 Å². The summed E-state index contributed by atoms with van der Waals surface area (Å²) in [4.78, 5) is 5.16. The number of rotatable bonds is 8. The average molecular weight is 835 g/mol. The number of nitrogens with zero attached hydrogens (tertiary/aromatic N) is 2. The van der Waals surface area contributed by atoms with Gasteiger partial charge in [0.05, 0.1) is 11.7 Å². The van der Waals surface area contributed by atoms with Crippen LogP contribution in [0, 0.1) is 5.92 Å². The van der Waals surface area contributed by atoms with Crippen LogP contribution in [0.5, 0.6) is 0 Å². The second-order valence-corrected chi connectivity index (χ2v) is 21.0. The fourth-order valence-electron chi connectivity index (χ4n) is 10.5. The largest absolute Gasteiger partial charge is 0.334 e. The van der Waals surface area contributed by atoms with Gasteiger partial charge in [-0.1, -0.05) is 185 Å². The Labute approximate surface area is 381 Å². The van der Waals surface area contributed by atoms with Crippen LogP contribution in [-0.4, -0.2) is 6.04 Å². The van der Waals surface area contributed by atoms with E-state index in [0.29, 0.717) is 11.8 Å². The maximum Gasteiger partial charge on any atom is 0.0632 e. The summed E-state index contributed by atoms with van der Waals surface area (Å²) in [7, 11) is 0. The lowest BCUT2D eigenvalue weighted by molar-refractivity contribution is 0.590. The van der Waals surface area contributed by atoms with E-state index in [4.69, 9.17) is 0 Å². The Morgan fingerprint density at radius 2 is 1.03 bits per heavy atom. The third-order valence-corrected chi connectivity index (χ3v) is 14.0. The molecule has 2 heteroatoms. The molecule has 0 aliphatic heterocycles. The van der Waals surface area contributed by atoms with Crippen molar-refractivity contribution < 1.29 is 0 Å². The summed E-state index contributed by atoms with van der Waals surface area (Å²) in [6.45, 7) is 23.3. The van der Waals surface area contributed by atoms with Crippen LogP contribution >= 0.6 is 0 Å². The monoisotopic (exact) mass is 834 g/mol. The Balaban J connectivity index is 1.23. The summed E-state index contributed by atoms with van der Waals surface area (Å²) in [6, 6.07) is 57.6. The van der Waals surface area contributed by atoms with Gasteiger partial charge in [-0.15, -0.1) is 0 Å². The van der Waals surface area contributed by atoms with Gasteiger partial charge < -0.3 is 9.80 Å². The highest BCUT2D eigenvalue weighted by Crippen LogP contribution is 2.53. The van der Waals surface area contributed by atoms with Crippen LogP contribution in [-0.2, 0) is 10.8 Å². The topological polar surface area (TPSA) is 6.48 Å². The van der Waals surface area contributed by atoms with Crippen LogP contribution in [0.4, 0.5) is 28.4 Å². The van der Waals surface area contributed by atoms with Crippen LogP contribution in [0.3, 0.4) is 0 Å². The van der Waals surface area contributed by atoms with Crippen molar-refractivity contribution in [3.05, 3.63) is 197 Å². The number of fused-ring (bicyclic) bond motifs is 2. The number of allylic oxidation sites excluding steroid dienone is 1. The molecule has 2 aliphatic carbocycles. The van der Waals surface area contributed by atoms with Gasteiger partial charge in [0.15, 0.2) is 0 Å². The first-order valence-corrected chi connectivity index (χ1v) is 23.5. The lowest BCUT2D eigenvalue weighted by Crippen LogP contribution is -2.38. The van der Waals surface area contributed by atoms with E-state index < -0.39 is 0 Å². The molecular formula is C62H62N2.